The van der Waals surface area contributed by atoms with E-state index in [1.54, 1.807) is 11.1 Å². The van der Waals surface area contributed by atoms with E-state index in [4.69, 9.17) is 0 Å². The Morgan fingerprint density at radius 1 is 1.14 bits per heavy atom. The van der Waals surface area contributed by atoms with E-state index in [0.717, 1.165) is 30.2 Å². The zero-order valence-corrected chi connectivity index (χ0v) is 20.1. The maximum absolute atomic E-state index is 15.6. The molecule has 0 atom stereocenters. The van der Waals surface area contributed by atoms with Gasteiger partial charge in [0.25, 0.3) is 5.91 Å². The minimum absolute atomic E-state index is 0.0650. The average molecular weight is 491 g/mol. The molecule has 0 aromatic carbocycles. The Morgan fingerprint density at radius 3 is 2.57 bits per heavy atom. The molecular formula is C25H33F3N6O. The van der Waals surface area contributed by atoms with Crippen LogP contribution in [0.5, 0.6) is 0 Å². The molecule has 1 amide bonds. The molecule has 0 bridgehead atoms. The lowest BCUT2D eigenvalue weighted by Crippen LogP contribution is -2.55. The van der Waals surface area contributed by atoms with E-state index in [1.165, 1.54) is 0 Å². The number of halogens is 3. The van der Waals surface area contributed by atoms with E-state index in [9.17, 15) is 13.6 Å². The molecule has 2 saturated heterocycles. The van der Waals surface area contributed by atoms with Gasteiger partial charge in [-0.1, -0.05) is 0 Å². The molecule has 2 aliphatic rings. The van der Waals surface area contributed by atoms with Crippen molar-refractivity contribution in [2.24, 2.45) is 0 Å². The van der Waals surface area contributed by atoms with Gasteiger partial charge in [-0.15, -0.1) is 0 Å². The van der Waals surface area contributed by atoms with E-state index in [2.05, 4.69) is 25.5 Å². The first-order chi connectivity index (χ1) is 16.9. The number of nitrogens with zero attached hydrogens (tertiary/aromatic N) is 4. The van der Waals surface area contributed by atoms with Crippen molar-refractivity contribution in [1.82, 2.24) is 25.1 Å². The van der Waals surface area contributed by atoms with Crippen LogP contribution in [0.3, 0.4) is 0 Å². The van der Waals surface area contributed by atoms with Crippen molar-refractivity contribution in [3.8, 4) is 0 Å². The first kappa shape index (κ1) is 25.4. The van der Waals surface area contributed by atoms with Crippen LogP contribution in [0.2, 0.25) is 0 Å². The fraction of sp³-hybridized carbons (Fsp3) is 0.560. The van der Waals surface area contributed by atoms with Crippen LogP contribution in [-0.2, 0) is 17.9 Å². The number of pyridine rings is 2. The largest absolute Gasteiger partial charge is 0.370 e. The number of alkyl halides is 1. The molecule has 0 saturated carbocycles. The van der Waals surface area contributed by atoms with Crippen LogP contribution >= 0.6 is 0 Å². The monoisotopic (exact) mass is 490 g/mol. The first-order valence-corrected chi connectivity index (χ1v) is 12.3. The highest BCUT2D eigenvalue weighted by Gasteiger charge is 2.44. The van der Waals surface area contributed by atoms with E-state index < -0.39 is 23.2 Å². The molecule has 0 unspecified atom stereocenters. The molecule has 7 nitrogen and oxygen atoms in total. The Hall–Kier alpha value is -2.72. The van der Waals surface area contributed by atoms with Crippen molar-refractivity contribution in [2.45, 2.75) is 57.4 Å². The molecule has 35 heavy (non-hydrogen) atoms. The lowest BCUT2D eigenvalue weighted by molar-refractivity contribution is -0.148. The summed E-state index contributed by atoms with van der Waals surface area (Å²) in [4.78, 5) is 24.9. The molecule has 2 fully saturated rings. The molecule has 2 aromatic heterocycles. The Kier molecular flexibility index (Phi) is 8.22. The fourth-order valence-electron chi connectivity index (χ4n) is 4.77. The highest BCUT2D eigenvalue weighted by atomic mass is 19.1. The van der Waals surface area contributed by atoms with Crippen molar-refractivity contribution >= 4 is 11.7 Å². The van der Waals surface area contributed by atoms with Crippen LogP contribution in [-0.4, -0.2) is 70.1 Å². The molecule has 0 aliphatic carbocycles. The van der Waals surface area contributed by atoms with Crippen molar-refractivity contribution in [1.29, 1.82) is 0 Å². The van der Waals surface area contributed by atoms with Gasteiger partial charge < -0.3 is 15.5 Å². The second-order valence-electron chi connectivity index (χ2n) is 9.35. The number of carbonyl (C=O) groups excluding carboxylic acids is 1. The molecule has 2 aliphatic heterocycles. The van der Waals surface area contributed by atoms with Gasteiger partial charge in [0.05, 0.1) is 11.9 Å². The van der Waals surface area contributed by atoms with Gasteiger partial charge in [0.2, 0.25) is 0 Å². The van der Waals surface area contributed by atoms with Crippen LogP contribution in [0.15, 0.2) is 30.6 Å². The molecule has 0 radical (unpaired) electrons. The molecule has 0 spiro atoms. The Balaban J connectivity index is 1.22. The predicted molar refractivity (Wildman–Crippen MR) is 127 cm³/mol. The van der Waals surface area contributed by atoms with Crippen LogP contribution in [0, 0.1) is 11.6 Å². The Bertz CT molecular complexity index is 1010. The fourth-order valence-corrected chi connectivity index (χ4v) is 4.77. The Morgan fingerprint density at radius 2 is 1.89 bits per heavy atom. The maximum atomic E-state index is 15.6. The molecule has 4 heterocycles. The number of hydrogen-bond donors (Lipinski definition) is 2. The number of anilines is 1. The van der Waals surface area contributed by atoms with Crippen LogP contribution < -0.4 is 10.6 Å². The lowest BCUT2D eigenvalue weighted by atomic mass is 9.90. The quantitative estimate of drug-likeness (QED) is 0.592. The predicted octanol–water partition coefficient (Wildman–Crippen LogP) is 3.27. The molecule has 4 rings (SSSR count). The molecular weight excluding hydrogens is 457 g/mol. The second kappa shape index (κ2) is 11.3. The SMILES string of the molecule is CCNc1cc(CN2CCC(F)(C(=O)N3CCC(NCc4ncc(F)cc4F)CC3)CC2)ccn1. The van der Waals surface area contributed by atoms with Gasteiger partial charge in [-0.05, 0) is 37.5 Å². The molecule has 2 aromatic rings. The summed E-state index contributed by atoms with van der Waals surface area (Å²) < 4.78 is 42.4. The topological polar surface area (TPSA) is 73.4 Å². The average Bonchev–Trinajstić information content (AvgIpc) is 2.85. The van der Waals surface area contributed by atoms with Crippen molar-refractivity contribution < 1.29 is 18.0 Å². The normalized spacial score (nSPS) is 19.0. The lowest BCUT2D eigenvalue weighted by Gasteiger charge is -2.40. The van der Waals surface area contributed by atoms with Crippen molar-refractivity contribution in [3.63, 3.8) is 0 Å². The zero-order valence-electron chi connectivity index (χ0n) is 20.1. The number of piperidine rings is 2. The zero-order chi connectivity index (χ0) is 24.8. The van der Waals surface area contributed by atoms with Crippen LogP contribution in [0.25, 0.3) is 0 Å². The summed E-state index contributed by atoms with van der Waals surface area (Å²) in [6.07, 6.45) is 4.42. The van der Waals surface area contributed by atoms with E-state index in [1.807, 2.05) is 19.1 Å². The molecule has 2 N–H and O–H groups in total. The summed E-state index contributed by atoms with van der Waals surface area (Å²) in [6.45, 7) is 5.65. The number of rotatable bonds is 8. The number of nitrogens with one attached hydrogen (secondary N) is 2. The molecule has 190 valence electrons. The van der Waals surface area contributed by atoms with Crippen LogP contribution in [0.4, 0.5) is 19.0 Å². The van der Waals surface area contributed by atoms with Crippen molar-refractivity contribution in [2.75, 3.05) is 38.0 Å². The summed E-state index contributed by atoms with van der Waals surface area (Å²) in [5.74, 6) is -0.980. The number of aromatic nitrogens is 2. The third kappa shape index (κ3) is 6.49. The number of carbonyl (C=O) groups is 1. The van der Waals surface area contributed by atoms with E-state index in [-0.39, 0.29) is 31.1 Å². The Labute approximate surface area is 204 Å². The van der Waals surface area contributed by atoms with Gasteiger partial charge in [0, 0.05) is 77.0 Å². The third-order valence-electron chi connectivity index (χ3n) is 6.84. The summed E-state index contributed by atoms with van der Waals surface area (Å²) in [5, 5.41) is 6.41. The van der Waals surface area contributed by atoms with Gasteiger partial charge in [0.1, 0.15) is 17.5 Å². The minimum atomic E-state index is -1.83. The number of amides is 1. The smallest absolute Gasteiger partial charge is 0.260 e. The molecule has 10 heteroatoms. The summed E-state index contributed by atoms with van der Waals surface area (Å²) in [7, 11) is 0. The standard InChI is InChI=1S/C25H33F3N6O/c1-2-29-23-13-18(3-8-30-23)17-33-11-6-25(28,7-12-33)24(35)34-9-4-20(5-10-34)31-16-22-21(27)14-19(26)15-32-22/h3,8,13-15,20,31H,2,4-7,9-12,16-17H2,1H3,(H,29,30). The van der Waals surface area contributed by atoms with Gasteiger partial charge in [-0.2, -0.15) is 0 Å². The van der Waals surface area contributed by atoms with Gasteiger partial charge in [-0.3, -0.25) is 14.7 Å². The first-order valence-electron chi connectivity index (χ1n) is 12.3. The van der Waals surface area contributed by atoms with Crippen LogP contribution in [0.1, 0.15) is 43.9 Å². The maximum Gasteiger partial charge on any atom is 0.260 e. The van der Waals surface area contributed by atoms with Gasteiger partial charge in [-0.25, -0.2) is 18.2 Å². The van der Waals surface area contributed by atoms with Crippen molar-refractivity contribution in [3.05, 3.63) is 53.5 Å². The summed E-state index contributed by atoms with van der Waals surface area (Å²) in [5.41, 5.74) is -0.562. The highest BCUT2D eigenvalue weighted by molar-refractivity contribution is 5.85. The van der Waals surface area contributed by atoms with E-state index in [0.29, 0.717) is 45.6 Å². The summed E-state index contributed by atoms with van der Waals surface area (Å²) >= 11 is 0. The number of hydrogen-bond acceptors (Lipinski definition) is 6. The minimum Gasteiger partial charge on any atom is -0.370 e. The van der Waals surface area contributed by atoms with Gasteiger partial charge >= 0.3 is 0 Å². The van der Waals surface area contributed by atoms with E-state index >= 15 is 4.39 Å². The summed E-state index contributed by atoms with van der Waals surface area (Å²) in [6, 6.07) is 4.84. The highest BCUT2D eigenvalue weighted by Crippen LogP contribution is 2.31. The third-order valence-corrected chi connectivity index (χ3v) is 6.84. The number of likely N-dealkylation sites (tertiary alicyclic amines) is 2. The van der Waals surface area contributed by atoms with Gasteiger partial charge in [0.15, 0.2) is 5.67 Å². The second-order valence-corrected chi connectivity index (χ2v) is 9.35.